The van der Waals surface area contributed by atoms with Crippen LogP contribution in [-0.2, 0) is 10.0 Å². The molecule has 6 nitrogen and oxygen atoms in total. The number of thiophene rings is 1. The Balaban J connectivity index is 1.59. The molecule has 2 heterocycles. The number of hydrogen-bond acceptors (Lipinski definition) is 5. The number of piperazine rings is 1. The summed E-state index contributed by atoms with van der Waals surface area (Å²) in [6.07, 6.45) is 0. The Hall–Kier alpha value is -1.68. The fourth-order valence-electron chi connectivity index (χ4n) is 2.57. The van der Waals surface area contributed by atoms with Gasteiger partial charge in [0.2, 0.25) is 0 Å². The summed E-state index contributed by atoms with van der Waals surface area (Å²) in [5, 5.41) is 5.54. The zero-order chi connectivity index (χ0) is 17.9. The number of methoxy groups -OCH3 is 1. The van der Waals surface area contributed by atoms with Gasteiger partial charge in [-0.05, 0) is 35.8 Å². The van der Waals surface area contributed by atoms with Gasteiger partial charge in [-0.3, -0.25) is 0 Å². The van der Waals surface area contributed by atoms with E-state index in [0.717, 1.165) is 11.4 Å². The normalized spacial score (nSPS) is 15.8. The van der Waals surface area contributed by atoms with Crippen molar-refractivity contribution in [2.45, 2.75) is 4.21 Å². The van der Waals surface area contributed by atoms with Crippen molar-refractivity contribution < 1.29 is 13.2 Å². The molecule has 1 aliphatic rings. The first kappa shape index (κ1) is 18.1. The summed E-state index contributed by atoms with van der Waals surface area (Å²) < 4.78 is 32.2. The number of thiocarbonyl (C=S) groups is 1. The van der Waals surface area contributed by atoms with Crippen molar-refractivity contribution in [1.29, 1.82) is 0 Å². The second-order valence-corrected chi connectivity index (χ2v) is 8.98. The Kier molecular flexibility index (Phi) is 5.57. The van der Waals surface area contributed by atoms with Gasteiger partial charge in [-0.15, -0.1) is 11.3 Å². The van der Waals surface area contributed by atoms with Crippen molar-refractivity contribution in [1.82, 2.24) is 9.21 Å². The molecule has 0 unspecified atom stereocenters. The third kappa shape index (κ3) is 4.12. The number of anilines is 1. The van der Waals surface area contributed by atoms with Crippen LogP contribution in [0, 0.1) is 0 Å². The van der Waals surface area contributed by atoms with Crippen LogP contribution in [0.4, 0.5) is 5.69 Å². The summed E-state index contributed by atoms with van der Waals surface area (Å²) in [6, 6.07) is 10.9. The Morgan fingerprint density at radius 1 is 1.20 bits per heavy atom. The minimum atomic E-state index is -3.39. The van der Waals surface area contributed by atoms with E-state index >= 15 is 0 Å². The molecule has 0 bridgehead atoms. The predicted octanol–water partition coefficient (Wildman–Crippen LogP) is 2.46. The number of hydrogen-bond donors (Lipinski definition) is 1. The van der Waals surface area contributed by atoms with E-state index in [1.165, 1.54) is 15.6 Å². The molecule has 0 spiro atoms. The summed E-state index contributed by atoms with van der Waals surface area (Å²) in [5.41, 5.74) is 0.845. The van der Waals surface area contributed by atoms with E-state index in [9.17, 15) is 8.42 Å². The fraction of sp³-hybridized carbons (Fsp3) is 0.312. The van der Waals surface area contributed by atoms with Gasteiger partial charge in [-0.25, -0.2) is 8.42 Å². The molecule has 9 heteroatoms. The average Bonchev–Trinajstić information content (AvgIpc) is 3.17. The molecule has 134 valence electrons. The van der Waals surface area contributed by atoms with E-state index in [0.29, 0.717) is 35.5 Å². The molecule has 1 aromatic carbocycles. The summed E-state index contributed by atoms with van der Waals surface area (Å²) in [6.45, 7) is 1.95. The highest BCUT2D eigenvalue weighted by molar-refractivity contribution is 7.91. The summed E-state index contributed by atoms with van der Waals surface area (Å²) in [7, 11) is -1.77. The molecule has 1 N–H and O–H groups in total. The first-order chi connectivity index (χ1) is 12.0. The van der Waals surface area contributed by atoms with Gasteiger partial charge >= 0.3 is 0 Å². The molecule has 0 aliphatic carbocycles. The number of rotatable bonds is 4. The van der Waals surface area contributed by atoms with Crippen LogP contribution in [0.3, 0.4) is 0 Å². The smallest absolute Gasteiger partial charge is 0.252 e. The predicted molar refractivity (Wildman–Crippen MR) is 104 cm³/mol. The van der Waals surface area contributed by atoms with E-state index in [4.69, 9.17) is 17.0 Å². The largest absolute Gasteiger partial charge is 0.497 e. The van der Waals surface area contributed by atoms with Gasteiger partial charge in [-0.1, -0.05) is 12.1 Å². The highest BCUT2D eigenvalue weighted by Gasteiger charge is 2.29. The molecule has 3 rings (SSSR count). The lowest BCUT2D eigenvalue weighted by molar-refractivity contribution is 0.269. The van der Waals surface area contributed by atoms with Crippen LogP contribution in [-0.4, -0.2) is 56.0 Å². The van der Waals surface area contributed by atoms with Crippen molar-refractivity contribution >= 4 is 44.4 Å². The maximum Gasteiger partial charge on any atom is 0.252 e. The van der Waals surface area contributed by atoms with Crippen LogP contribution in [0.15, 0.2) is 46.0 Å². The lowest BCUT2D eigenvalue weighted by atomic mass is 10.3. The molecular formula is C16H19N3O3S3. The highest BCUT2D eigenvalue weighted by atomic mass is 32.2. The molecular weight excluding hydrogens is 378 g/mol. The van der Waals surface area contributed by atoms with Crippen molar-refractivity contribution in [2.75, 3.05) is 38.6 Å². The number of nitrogens with zero attached hydrogens (tertiary/aromatic N) is 2. The summed E-state index contributed by atoms with van der Waals surface area (Å²) >= 11 is 6.70. The molecule has 0 saturated carbocycles. The standard InChI is InChI=1S/C16H19N3O3S3/c1-22-14-5-2-4-13(12-14)17-16(23)18-7-9-19(10-8-18)25(20,21)15-6-3-11-24-15/h2-6,11-12H,7-10H2,1H3,(H,17,23). The lowest BCUT2D eigenvalue weighted by Crippen LogP contribution is -2.51. The van der Waals surface area contributed by atoms with Crippen molar-refractivity contribution in [2.24, 2.45) is 0 Å². The van der Waals surface area contributed by atoms with Gasteiger partial charge < -0.3 is 15.0 Å². The van der Waals surface area contributed by atoms with Gasteiger partial charge in [-0.2, -0.15) is 4.31 Å². The second kappa shape index (κ2) is 7.69. The average molecular weight is 398 g/mol. The van der Waals surface area contributed by atoms with E-state index in [1.54, 1.807) is 24.6 Å². The minimum Gasteiger partial charge on any atom is -0.497 e. The van der Waals surface area contributed by atoms with Crippen molar-refractivity contribution in [3.05, 3.63) is 41.8 Å². The summed E-state index contributed by atoms with van der Waals surface area (Å²) in [5.74, 6) is 0.750. The first-order valence-electron chi connectivity index (χ1n) is 7.74. The number of benzene rings is 1. The molecule has 1 fully saturated rings. The molecule has 2 aromatic rings. The van der Waals surface area contributed by atoms with Crippen molar-refractivity contribution in [3.63, 3.8) is 0 Å². The third-order valence-electron chi connectivity index (χ3n) is 3.94. The van der Waals surface area contributed by atoms with Crippen LogP contribution in [0.1, 0.15) is 0 Å². The first-order valence-corrected chi connectivity index (χ1v) is 10.5. The zero-order valence-corrected chi connectivity index (χ0v) is 16.2. The number of ether oxygens (including phenoxy) is 1. The van der Waals surface area contributed by atoms with Crippen LogP contribution < -0.4 is 10.1 Å². The lowest BCUT2D eigenvalue weighted by Gasteiger charge is -2.35. The van der Waals surface area contributed by atoms with Crippen LogP contribution in [0.25, 0.3) is 0 Å². The summed E-state index contributed by atoms with van der Waals surface area (Å²) in [4.78, 5) is 1.98. The molecule has 1 aromatic heterocycles. The fourth-order valence-corrected chi connectivity index (χ4v) is 5.44. The molecule has 0 amide bonds. The van der Waals surface area contributed by atoms with E-state index < -0.39 is 10.0 Å². The molecule has 1 aliphatic heterocycles. The van der Waals surface area contributed by atoms with Crippen LogP contribution >= 0.6 is 23.6 Å². The Bertz CT molecular complexity index is 829. The van der Waals surface area contributed by atoms with E-state index in [-0.39, 0.29) is 0 Å². The highest BCUT2D eigenvalue weighted by Crippen LogP contribution is 2.22. The second-order valence-electron chi connectivity index (χ2n) is 5.49. The third-order valence-corrected chi connectivity index (χ3v) is 7.57. The van der Waals surface area contributed by atoms with E-state index in [1.807, 2.05) is 29.2 Å². The Labute approximate surface area is 157 Å². The number of sulfonamides is 1. The van der Waals surface area contributed by atoms with Gasteiger partial charge in [0.1, 0.15) is 9.96 Å². The molecule has 1 saturated heterocycles. The van der Waals surface area contributed by atoms with E-state index in [2.05, 4.69) is 5.32 Å². The number of nitrogens with one attached hydrogen (secondary N) is 1. The maximum atomic E-state index is 12.5. The topological polar surface area (TPSA) is 61.9 Å². The van der Waals surface area contributed by atoms with Crippen LogP contribution in [0.5, 0.6) is 5.75 Å². The molecule has 0 atom stereocenters. The molecule has 25 heavy (non-hydrogen) atoms. The monoisotopic (exact) mass is 397 g/mol. The van der Waals surface area contributed by atoms with Gasteiger partial charge in [0.05, 0.1) is 7.11 Å². The van der Waals surface area contributed by atoms with Gasteiger partial charge in [0.25, 0.3) is 10.0 Å². The van der Waals surface area contributed by atoms with Gasteiger partial charge in [0, 0.05) is 37.9 Å². The minimum absolute atomic E-state index is 0.387. The Morgan fingerprint density at radius 2 is 1.96 bits per heavy atom. The quantitative estimate of drug-likeness (QED) is 0.800. The zero-order valence-electron chi connectivity index (χ0n) is 13.7. The van der Waals surface area contributed by atoms with Crippen LogP contribution in [0.2, 0.25) is 0 Å². The van der Waals surface area contributed by atoms with Crippen molar-refractivity contribution in [3.8, 4) is 5.75 Å². The Morgan fingerprint density at radius 3 is 2.60 bits per heavy atom. The SMILES string of the molecule is COc1cccc(NC(=S)N2CCN(S(=O)(=O)c3cccs3)CC2)c1. The van der Waals surface area contributed by atoms with Gasteiger partial charge in [0.15, 0.2) is 5.11 Å². The molecule has 0 radical (unpaired) electrons. The maximum absolute atomic E-state index is 12.5.